The minimum Gasteiger partial charge on any atom is -0.390 e. The summed E-state index contributed by atoms with van der Waals surface area (Å²) >= 11 is 5.82. The molecule has 0 unspecified atom stereocenters. The Labute approximate surface area is 154 Å². The molecule has 1 fully saturated rings. The molecule has 1 N–H and O–H groups in total. The van der Waals surface area contributed by atoms with Gasteiger partial charge in [-0.2, -0.15) is 0 Å². The molecule has 0 bridgehead atoms. The van der Waals surface area contributed by atoms with Gasteiger partial charge >= 0.3 is 0 Å². The van der Waals surface area contributed by atoms with Crippen LogP contribution in [0.25, 0.3) is 0 Å². The van der Waals surface area contributed by atoms with E-state index in [0.717, 1.165) is 38.5 Å². The molecule has 1 saturated heterocycles. The van der Waals surface area contributed by atoms with Crippen molar-refractivity contribution in [3.8, 4) is 0 Å². The average Bonchev–Trinajstić information content (AvgIpc) is 2.69. The van der Waals surface area contributed by atoms with E-state index in [-0.39, 0.29) is 5.88 Å². The Morgan fingerprint density at radius 1 is 1.04 bits per heavy atom. The van der Waals surface area contributed by atoms with Crippen molar-refractivity contribution in [1.82, 2.24) is 0 Å². The van der Waals surface area contributed by atoms with E-state index < -0.39 is 6.10 Å². The molecule has 1 atom stereocenters. The van der Waals surface area contributed by atoms with Crippen LogP contribution in [-0.4, -0.2) is 49.9 Å². The van der Waals surface area contributed by atoms with Gasteiger partial charge in [0.1, 0.15) is 0 Å². The highest BCUT2D eigenvalue weighted by Crippen LogP contribution is 2.23. The van der Waals surface area contributed by atoms with E-state index in [1.54, 1.807) is 0 Å². The van der Waals surface area contributed by atoms with Crippen molar-refractivity contribution < 1.29 is 9.84 Å². The van der Waals surface area contributed by atoms with Crippen LogP contribution >= 0.6 is 11.6 Å². The molecule has 0 radical (unpaired) electrons. The van der Waals surface area contributed by atoms with Gasteiger partial charge in [0, 0.05) is 37.6 Å². The molecule has 0 saturated carbocycles. The summed E-state index contributed by atoms with van der Waals surface area (Å²) in [5, 5.41) is 10.0. The zero-order valence-electron chi connectivity index (χ0n) is 14.4. The summed E-state index contributed by atoms with van der Waals surface area (Å²) in [6.45, 7) is 4.67. The Morgan fingerprint density at radius 2 is 1.72 bits per heavy atom. The van der Waals surface area contributed by atoms with Crippen LogP contribution in [0.15, 0.2) is 54.6 Å². The number of alkyl halides is 1. The van der Waals surface area contributed by atoms with Gasteiger partial charge in [0.2, 0.25) is 0 Å². The maximum Gasteiger partial charge on any atom is 0.0850 e. The predicted octanol–water partition coefficient (Wildman–Crippen LogP) is 3.13. The van der Waals surface area contributed by atoms with Crippen LogP contribution < -0.4 is 9.80 Å². The van der Waals surface area contributed by atoms with Gasteiger partial charge in [0.05, 0.1) is 25.2 Å². The zero-order valence-corrected chi connectivity index (χ0v) is 15.1. The first-order chi connectivity index (χ1) is 12.3. The molecule has 2 aromatic rings. The van der Waals surface area contributed by atoms with Crippen molar-refractivity contribution in [3.63, 3.8) is 0 Å². The van der Waals surface area contributed by atoms with Gasteiger partial charge in [0.25, 0.3) is 0 Å². The molecular weight excluding hydrogens is 336 g/mol. The maximum atomic E-state index is 10.0. The van der Waals surface area contributed by atoms with Crippen LogP contribution in [0.3, 0.4) is 0 Å². The van der Waals surface area contributed by atoms with Crippen LogP contribution in [0.4, 0.5) is 11.4 Å². The van der Waals surface area contributed by atoms with Gasteiger partial charge in [-0.3, -0.25) is 0 Å². The number of nitrogens with zero attached hydrogens (tertiary/aromatic N) is 2. The van der Waals surface area contributed by atoms with Crippen molar-refractivity contribution in [3.05, 3.63) is 60.2 Å². The van der Waals surface area contributed by atoms with E-state index in [1.165, 1.54) is 11.3 Å². The van der Waals surface area contributed by atoms with Gasteiger partial charge in [0.15, 0.2) is 0 Å². The number of anilines is 2. The van der Waals surface area contributed by atoms with Crippen LogP contribution in [0.1, 0.15) is 5.56 Å². The van der Waals surface area contributed by atoms with Gasteiger partial charge in [-0.25, -0.2) is 0 Å². The highest BCUT2D eigenvalue weighted by atomic mass is 35.5. The van der Waals surface area contributed by atoms with Crippen LogP contribution in [0.2, 0.25) is 0 Å². The first kappa shape index (κ1) is 18.1. The number of halogens is 1. The Hall–Kier alpha value is -1.75. The Bertz CT molecular complexity index is 630. The Kier molecular flexibility index (Phi) is 6.56. The predicted molar refractivity (Wildman–Crippen MR) is 104 cm³/mol. The second-order valence-electron chi connectivity index (χ2n) is 6.29. The van der Waals surface area contributed by atoms with Crippen LogP contribution in [0.5, 0.6) is 0 Å². The second kappa shape index (κ2) is 9.09. The standard InChI is InChI=1S/C20H25ClN2O2/c21-14-20(24)16-23(15-17-4-2-1-3-5-17)19-8-6-18(7-9-19)22-10-12-25-13-11-22/h1-9,20,24H,10-16H2/t20-/m0/s1. The molecular formula is C20H25ClN2O2. The normalized spacial score (nSPS) is 15.8. The van der Waals surface area contributed by atoms with E-state index in [1.807, 2.05) is 18.2 Å². The average molecular weight is 361 g/mol. The Balaban J connectivity index is 1.74. The SMILES string of the molecule is O[C@@H](CCl)CN(Cc1ccccc1)c1ccc(N2CCOCC2)cc1. The molecule has 3 rings (SSSR count). The third-order valence-corrected chi connectivity index (χ3v) is 4.77. The molecule has 1 heterocycles. The van der Waals surface area contributed by atoms with E-state index in [9.17, 15) is 5.11 Å². The monoisotopic (exact) mass is 360 g/mol. The molecule has 0 spiro atoms. The molecule has 0 aliphatic carbocycles. The second-order valence-corrected chi connectivity index (χ2v) is 6.60. The fourth-order valence-electron chi connectivity index (χ4n) is 3.06. The lowest BCUT2D eigenvalue weighted by molar-refractivity contribution is 0.122. The molecule has 1 aliphatic heterocycles. The van der Waals surface area contributed by atoms with Crippen molar-refractivity contribution in [2.75, 3.05) is 48.5 Å². The summed E-state index contributed by atoms with van der Waals surface area (Å²) in [4.78, 5) is 4.51. The molecule has 1 aliphatic rings. The van der Waals surface area contributed by atoms with Crippen LogP contribution in [0, 0.1) is 0 Å². The Morgan fingerprint density at radius 3 is 2.36 bits per heavy atom. The number of aliphatic hydroxyl groups is 1. The quantitative estimate of drug-likeness (QED) is 0.769. The summed E-state index contributed by atoms with van der Waals surface area (Å²) in [6.07, 6.45) is -0.552. The molecule has 5 heteroatoms. The molecule has 0 amide bonds. The summed E-state index contributed by atoms with van der Waals surface area (Å²) < 4.78 is 5.42. The minimum absolute atomic E-state index is 0.233. The van der Waals surface area contributed by atoms with Crippen molar-refractivity contribution >= 4 is 23.0 Å². The molecule has 4 nitrogen and oxygen atoms in total. The third kappa shape index (κ3) is 5.11. The van der Waals surface area contributed by atoms with Gasteiger partial charge < -0.3 is 19.6 Å². The third-order valence-electron chi connectivity index (χ3n) is 4.42. The van der Waals surface area contributed by atoms with Crippen LogP contribution in [-0.2, 0) is 11.3 Å². The lowest BCUT2D eigenvalue weighted by atomic mass is 10.1. The molecule has 2 aromatic carbocycles. The fourth-order valence-corrected chi connectivity index (χ4v) is 3.16. The van der Waals surface area contributed by atoms with E-state index in [2.05, 4.69) is 46.2 Å². The maximum absolute atomic E-state index is 10.0. The molecule has 0 aromatic heterocycles. The number of morpholine rings is 1. The summed E-state index contributed by atoms with van der Waals surface area (Å²) in [6, 6.07) is 18.8. The smallest absolute Gasteiger partial charge is 0.0850 e. The summed E-state index contributed by atoms with van der Waals surface area (Å²) in [5.74, 6) is 0.233. The molecule has 134 valence electrons. The number of hydrogen-bond acceptors (Lipinski definition) is 4. The largest absolute Gasteiger partial charge is 0.390 e. The zero-order chi connectivity index (χ0) is 17.5. The fraction of sp³-hybridized carbons (Fsp3) is 0.400. The number of rotatable bonds is 7. The minimum atomic E-state index is -0.552. The highest BCUT2D eigenvalue weighted by molar-refractivity contribution is 6.18. The first-order valence-corrected chi connectivity index (χ1v) is 9.25. The lowest BCUT2D eigenvalue weighted by Crippen LogP contribution is -2.36. The topological polar surface area (TPSA) is 35.9 Å². The number of aliphatic hydroxyl groups excluding tert-OH is 1. The van der Waals surface area contributed by atoms with Crippen molar-refractivity contribution in [1.29, 1.82) is 0 Å². The number of ether oxygens (including phenoxy) is 1. The summed E-state index contributed by atoms with van der Waals surface area (Å²) in [5.41, 5.74) is 3.51. The van der Waals surface area contributed by atoms with E-state index >= 15 is 0 Å². The van der Waals surface area contributed by atoms with Gasteiger partial charge in [-0.1, -0.05) is 30.3 Å². The highest BCUT2D eigenvalue weighted by Gasteiger charge is 2.15. The summed E-state index contributed by atoms with van der Waals surface area (Å²) in [7, 11) is 0. The van der Waals surface area contributed by atoms with Crippen molar-refractivity contribution in [2.45, 2.75) is 12.6 Å². The lowest BCUT2D eigenvalue weighted by Gasteiger charge is -2.30. The first-order valence-electron chi connectivity index (χ1n) is 8.72. The molecule has 25 heavy (non-hydrogen) atoms. The van der Waals surface area contributed by atoms with E-state index in [0.29, 0.717) is 6.54 Å². The van der Waals surface area contributed by atoms with Gasteiger partial charge in [-0.15, -0.1) is 11.6 Å². The number of benzene rings is 2. The van der Waals surface area contributed by atoms with Crippen molar-refractivity contribution in [2.24, 2.45) is 0 Å². The van der Waals surface area contributed by atoms with Gasteiger partial charge in [-0.05, 0) is 29.8 Å². The van der Waals surface area contributed by atoms with E-state index in [4.69, 9.17) is 16.3 Å². The number of hydrogen-bond donors (Lipinski definition) is 1.